The maximum Gasteiger partial charge on any atom is 0.282 e. The number of rotatable bonds is 7. The first-order valence-electron chi connectivity index (χ1n) is 10.7. The van der Waals surface area contributed by atoms with E-state index >= 15 is 0 Å². The van der Waals surface area contributed by atoms with Crippen molar-refractivity contribution in [3.63, 3.8) is 0 Å². The number of aromatic nitrogens is 2. The zero-order chi connectivity index (χ0) is 22.5. The number of nitrogens with two attached hydrogens (primary N) is 1. The smallest absolute Gasteiger partial charge is 0.282 e. The molecule has 0 radical (unpaired) electrons. The molecule has 1 heterocycles. The van der Waals surface area contributed by atoms with Crippen LogP contribution in [-0.2, 0) is 4.79 Å². The van der Waals surface area contributed by atoms with Crippen LogP contribution in [0, 0.1) is 0 Å². The normalized spacial score (nSPS) is 14.7. The van der Waals surface area contributed by atoms with Crippen molar-refractivity contribution >= 4 is 23.0 Å². The first-order chi connectivity index (χ1) is 15.6. The number of benzene rings is 2. The van der Waals surface area contributed by atoms with Crippen LogP contribution in [0.3, 0.4) is 0 Å². The maximum absolute atomic E-state index is 13.3. The molecule has 166 valence electrons. The number of methoxy groups -OCH3 is 1. The Bertz CT molecular complexity index is 1210. The Morgan fingerprint density at radius 2 is 1.97 bits per heavy atom. The van der Waals surface area contributed by atoms with E-state index in [1.165, 1.54) is 24.4 Å². The van der Waals surface area contributed by atoms with E-state index in [1.54, 1.807) is 24.3 Å². The van der Waals surface area contributed by atoms with Crippen molar-refractivity contribution in [3.8, 4) is 11.5 Å². The molecule has 0 unspecified atom stereocenters. The first kappa shape index (κ1) is 21.5. The lowest BCUT2D eigenvalue weighted by Crippen LogP contribution is -2.25. The van der Waals surface area contributed by atoms with Crippen LogP contribution in [0.1, 0.15) is 49.4 Å². The number of primary amides is 1. The standard InChI is InChI=1S/C24H26N4O4/c1-31-20-13-7-10-17(22(20)32-15-21(25)29)14-26-28-23(16-8-3-2-4-9-16)27-19-12-6-5-11-18(19)24(28)30/h5-7,10-14,16H,2-4,8-9,15H2,1H3,(H2,25,29). The number of nitrogens with zero attached hydrogens (tertiary/aromatic N) is 3. The zero-order valence-corrected chi connectivity index (χ0v) is 18.0. The molecule has 1 saturated carbocycles. The Morgan fingerprint density at radius 1 is 1.19 bits per heavy atom. The molecular weight excluding hydrogens is 408 g/mol. The number of ether oxygens (including phenoxy) is 2. The lowest BCUT2D eigenvalue weighted by Gasteiger charge is -2.22. The summed E-state index contributed by atoms with van der Waals surface area (Å²) < 4.78 is 12.3. The van der Waals surface area contributed by atoms with Crippen LogP contribution in [0.15, 0.2) is 52.4 Å². The minimum atomic E-state index is -0.603. The van der Waals surface area contributed by atoms with Crippen LogP contribution in [0.5, 0.6) is 11.5 Å². The van der Waals surface area contributed by atoms with E-state index in [9.17, 15) is 9.59 Å². The molecule has 1 aromatic heterocycles. The second kappa shape index (κ2) is 9.64. The topological polar surface area (TPSA) is 109 Å². The van der Waals surface area contributed by atoms with Crippen LogP contribution in [-0.4, -0.2) is 35.5 Å². The summed E-state index contributed by atoms with van der Waals surface area (Å²) in [5, 5.41) is 5.04. The number of amides is 1. The molecule has 1 aliphatic rings. The van der Waals surface area contributed by atoms with Crippen molar-refractivity contribution in [2.45, 2.75) is 38.0 Å². The van der Waals surface area contributed by atoms with E-state index in [0.717, 1.165) is 25.7 Å². The summed E-state index contributed by atoms with van der Waals surface area (Å²) in [6.45, 7) is -0.300. The van der Waals surface area contributed by atoms with Crippen molar-refractivity contribution in [2.24, 2.45) is 10.8 Å². The second-order valence-electron chi connectivity index (χ2n) is 7.82. The number of para-hydroxylation sites is 2. The van der Waals surface area contributed by atoms with E-state index in [2.05, 4.69) is 5.10 Å². The predicted molar refractivity (Wildman–Crippen MR) is 123 cm³/mol. The molecule has 2 N–H and O–H groups in total. The number of carbonyl (C=O) groups excluding carboxylic acids is 1. The minimum Gasteiger partial charge on any atom is -0.493 e. The molecular formula is C24H26N4O4. The van der Waals surface area contributed by atoms with Gasteiger partial charge in [0, 0.05) is 11.5 Å². The molecule has 8 nitrogen and oxygen atoms in total. The van der Waals surface area contributed by atoms with Gasteiger partial charge in [0.15, 0.2) is 18.1 Å². The average Bonchev–Trinajstić information content (AvgIpc) is 2.82. The second-order valence-corrected chi connectivity index (χ2v) is 7.82. The van der Waals surface area contributed by atoms with E-state index in [1.807, 2.05) is 18.2 Å². The molecule has 1 fully saturated rings. The third-order valence-corrected chi connectivity index (χ3v) is 5.65. The third kappa shape index (κ3) is 4.49. The summed E-state index contributed by atoms with van der Waals surface area (Å²) in [5.41, 5.74) is 6.25. The molecule has 0 spiro atoms. The third-order valence-electron chi connectivity index (χ3n) is 5.65. The van der Waals surface area contributed by atoms with Crippen LogP contribution in [0.2, 0.25) is 0 Å². The highest BCUT2D eigenvalue weighted by Crippen LogP contribution is 2.32. The monoisotopic (exact) mass is 434 g/mol. The van der Waals surface area contributed by atoms with Crippen LogP contribution in [0.25, 0.3) is 10.9 Å². The van der Waals surface area contributed by atoms with Gasteiger partial charge in [-0.15, -0.1) is 0 Å². The highest BCUT2D eigenvalue weighted by Gasteiger charge is 2.22. The summed E-state index contributed by atoms with van der Waals surface area (Å²) in [5.74, 6) is 1.01. The molecule has 32 heavy (non-hydrogen) atoms. The Hall–Kier alpha value is -3.68. The summed E-state index contributed by atoms with van der Waals surface area (Å²) in [6, 6.07) is 12.6. The van der Waals surface area contributed by atoms with Crippen LogP contribution >= 0.6 is 0 Å². The van der Waals surface area contributed by atoms with Gasteiger partial charge in [-0.1, -0.05) is 37.5 Å². The molecule has 0 bridgehead atoms. The van der Waals surface area contributed by atoms with Crippen molar-refractivity contribution in [1.82, 2.24) is 9.66 Å². The van der Waals surface area contributed by atoms with Gasteiger partial charge < -0.3 is 15.2 Å². The van der Waals surface area contributed by atoms with Crippen molar-refractivity contribution in [1.29, 1.82) is 0 Å². The van der Waals surface area contributed by atoms with E-state index in [0.29, 0.717) is 33.8 Å². The van der Waals surface area contributed by atoms with Crippen molar-refractivity contribution in [2.75, 3.05) is 13.7 Å². The number of hydrogen-bond donors (Lipinski definition) is 1. The van der Waals surface area contributed by atoms with Gasteiger partial charge in [-0.2, -0.15) is 9.78 Å². The van der Waals surface area contributed by atoms with Gasteiger partial charge in [-0.25, -0.2) is 4.98 Å². The zero-order valence-electron chi connectivity index (χ0n) is 18.0. The van der Waals surface area contributed by atoms with Gasteiger partial charge in [0.25, 0.3) is 11.5 Å². The summed E-state index contributed by atoms with van der Waals surface area (Å²) in [4.78, 5) is 29.4. The Morgan fingerprint density at radius 3 is 2.72 bits per heavy atom. The summed E-state index contributed by atoms with van der Waals surface area (Å²) in [7, 11) is 1.51. The molecule has 0 atom stereocenters. The quantitative estimate of drug-likeness (QED) is 0.575. The molecule has 0 aliphatic heterocycles. The summed E-state index contributed by atoms with van der Waals surface area (Å²) >= 11 is 0. The lowest BCUT2D eigenvalue weighted by atomic mass is 9.88. The van der Waals surface area contributed by atoms with E-state index in [-0.39, 0.29) is 18.1 Å². The SMILES string of the molecule is COc1cccc(C=Nn2c(C3CCCCC3)nc3ccccc3c2=O)c1OCC(N)=O. The molecule has 1 aliphatic carbocycles. The van der Waals surface area contributed by atoms with E-state index in [4.69, 9.17) is 20.2 Å². The molecule has 1 amide bonds. The van der Waals surface area contributed by atoms with Gasteiger partial charge in [-0.3, -0.25) is 9.59 Å². The Balaban J connectivity index is 1.81. The molecule has 0 saturated heterocycles. The van der Waals surface area contributed by atoms with Crippen molar-refractivity contribution < 1.29 is 14.3 Å². The summed E-state index contributed by atoms with van der Waals surface area (Å²) in [6.07, 6.45) is 6.90. The molecule has 8 heteroatoms. The molecule has 3 aromatic rings. The predicted octanol–water partition coefficient (Wildman–Crippen LogP) is 3.20. The average molecular weight is 434 g/mol. The van der Waals surface area contributed by atoms with Crippen molar-refractivity contribution in [3.05, 3.63) is 64.2 Å². The van der Waals surface area contributed by atoms with Crippen LogP contribution in [0.4, 0.5) is 0 Å². The largest absolute Gasteiger partial charge is 0.493 e. The number of fused-ring (bicyclic) bond motifs is 1. The fraction of sp³-hybridized carbons (Fsp3) is 0.333. The number of carbonyl (C=O) groups is 1. The van der Waals surface area contributed by atoms with Gasteiger partial charge in [-0.05, 0) is 37.1 Å². The highest BCUT2D eigenvalue weighted by molar-refractivity contribution is 5.86. The maximum atomic E-state index is 13.3. The van der Waals surface area contributed by atoms with E-state index < -0.39 is 5.91 Å². The van der Waals surface area contributed by atoms with Gasteiger partial charge in [0.1, 0.15) is 5.82 Å². The molecule has 4 rings (SSSR count). The number of hydrogen-bond acceptors (Lipinski definition) is 6. The van der Waals surface area contributed by atoms with Crippen LogP contribution < -0.4 is 20.8 Å². The highest BCUT2D eigenvalue weighted by atomic mass is 16.5. The fourth-order valence-corrected chi connectivity index (χ4v) is 4.09. The van der Waals surface area contributed by atoms with Gasteiger partial charge >= 0.3 is 0 Å². The molecule has 2 aromatic carbocycles. The van der Waals surface area contributed by atoms with Gasteiger partial charge in [0.05, 0.1) is 24.2 Å². The minimum absolute atomic E-state index is 0.175. The first-order valence-corrected chi connectivity index (χ1v) is 10.7. The Labute approximate surface area is 185 Å². The Kier molecular flexibility index (Phi) is 6.49. The lowest BCUT2D eigenvalue weighted by molar-refractivity contribution is -0.119. The van der Waals surface area contributed by atoms with Gasteiger partial charge in [0.2, 0.25) is 0 Å². The fourth-order valence-electron chi connectivity index (χ4n) is 4.09.